The number of rotatable bonds is 6. The van der Waals surface area contributed by atoms with Crippen LogP contribution in [0, 0.1) is 6.92 Å². The van der Waals surface area contributed by atoms with Gasteiger partial charge in [0.2, 0.25) is 5.91 Å². The van der Waals surface area contributed by atoms with Crippen LogP contribution in [0.2, 0.25) is 0 Å². The van der Waals surface area contributed by atoms with Crippen LogP contribution in [-0.2, 0) is 11.2 Å². The lowest BCUT2D eigenvalue weighted by Crippen LogP contribution is -2.23. The second kappa shape index (κ2) is 7.59. The maximum Gasteiger partial charge on any atom is 0.244 e. The Balaban J connectivity index is 1.77. The van der Waals surface area contributed by atoms with Crippen molar-refractivity contribution in [3.8, 4) is 5.75 Å². The molecular formula is C16H18N2O2S. The van der Waals surface area contributed by atoms with Gasteiger partial charge in [-0.2, -0.15) is 0 Å². The van der Waals surface area contributed by atoms with E-state index in [1.54, 1.807) is 24.5 Å². The second-order valence-corrected chi connectivity index (χ2v) is 5.58. The van der Waals surface area contributed by atoms with E-state index < -0.39 is 0 Å². The first-order valence-electron chi connectivity index (χ1n) is 6.68. The number of carbonyl (C=O) groups excluding carboxylic acids is 1. The summed E-state index contributed by atoms with van der Waals surface area (Å²) in [5.74, 6) is 0.723. The van der Waals surface area contributed by atoms with Gasteiger partial charge in [-0.15, -0.1) is 11.3 Å². The number of hydrogen-bond donors (Lipinski definition) is 1. The molecule has 5 heteroatoms. The van der Waals surface area contributed by atoms with Crippen molar-refractivity contribution in [1.29, 1.82) is 0 Å². The molecule has 0 saturated heterocycles. The Bertz CT molecular complexity index is 635. The predicted octanol–water partition coefficient (Wildman–Crippen LogP) is 2.83. The van der Waals surface area contributed by atoms with Crippen molar-refractivity contribution in [1.82, 2.24) is 10.3 Å². The highest BCUT2D eigenvalue weighted by Gasteiger charge is 1.99. The first-order chi connectivity index (χ1) is 10.2. The third-order valence-electron chi connectivity index (χ3n) is 2.89. The Morgan fingerprint density at radius 2 is 2.33 bits per heavy atom. The van der Waals surface area contributed by atoms with Crippen LogP contribution < -0.4 is 10.1 Å². The number of ether oxygens (including phenoxy) is 1. The summed E-state index contributed by atoms with van der Waals surface area (Å²) in [7, 11) is 1.64. The molecule has 0 aliphatic carbocycles. The highest BCUT2D eigenvalue weighted by atomic mass is 32.1. The molecule has 1 N–H and O–H groups in total. The monoisotopic (exact) mass is 302 g/mol. The van der Waals surface area contributed by atoms with Crippen molar-refractivity contribution in [2.24, 2.45) is 0 Å². The van der Waals surface area contributed by atoms with Crippen LogP contribution in [0.4, 0.5) is 0 Å². The predicted molar refractivity (Wildman–Crippen MR) is 85.6 cm³/mol. The van der Waals surface area contributed by atoms with E-state index in [0.717, 1.165) is 28.4 Å². The minimum absolute atomic E-state index is 0.108. The SMILES string of the molecule is COc1cccc(CCNC(=O)C=Cc2csc(C)n2)c1. The van der Waals surface area contributed by atoms with Crippen LogP contribution >= 0.6 is 11.3 Å². The second-order valence-electron chi connectivity index (χ2n) is 4.52. The number of amides is 1. The Labute approximate surface area is 128 Å². The maximum absolute atomic E-state index is 11.7. The van der Waals surface area contributed by atoms with Crippen LogP contribution in [0.15, 0.2) is 35.7 Å². The van der Waals surface area contributed by atoms with Gasteiger partial charge in [0.05, 0.1) is 17.8 Å². The fourth-order valence-corrected chi connectivity index (χ4v) is 2.42. The highest BCUT2D eigenvalue weighted by Crippen LogP contribution is 2.12. The van der Waals surface area contributed by atoms with E-state index in [1.165, 1.54) is 6.08 Å². The molecule has 0 radical (unpaired) electrons. The number of nitrogens with one attached hydrogen (secondary N) is 1. The van der Waals surface area contributed by atoms with E-state index in [1.807, 2.05) is 36.6 Å². The summed E-state index contributed by atoms with van der Waals surface area (Å²) in [6.07, 6.45) is 4.01. The number of aromatic nitrogens is 1. The van der Waals surface area contributed by atoms with E-state index in [2.05, 4.69) is 10.3 Å². The molecule has 0 spiro atoms. The lowest BCUT2D eigenvalue weighted by molar-refractivity contribution is -0.116. The fourth-order valence-electron chi connectivity index (χ4n) is 1.83. The molecule has 1 amide bonds. The number of aryl methyl sites for hydroxylation is 1. The highest BCUT2D eigenvalue weighted by molar-refractivity contribution is 7.09. The van der Waals surface area contributed by atoms with Crippen molar-refractivity contribution in [3.05, 3.63) is 52.0 Å². The molecule has 0 atom stereocenters. The Morgan fingerprint density at radius 3 is 3.05 bits per heavy atom. The summed E-state index contributed by atoms with van der Waals surface area (Å²) in [4.78, 5) is 16.0. The number of hydrogen-bond acceptors (Lipinski definition) is 4. The quantitative estimate of drug-likeness (QED) is 0.835. The average molecular weight is 302 g/mol. The molecule has 0 bridgehead atoms. The molecule has 0 unspecified atom stereocenters. The van der Waals surface area contributed by atoms with E-state index in [0.29, 0.717) is 6.54 Å². The lowest BCUT2D eigenvalue weighted by Gasteiger charge is -2.05. The van der Waals surface area contributed by atoms with Gasteiger partial charge in [0.15, 0.2) is 0 Å². The van der Waals surface area contributed by atoms with Crippen molar-refractivity contribution in [2.75, 3.05) is 13.7 Å². The number of benzene rings is 1. The molecule has 4 nitrogen and oxygen atoms in total. The van der Waals surface area contributed by atoms with Gasteiger partial charge in [-0.1, -0.05) is 12.1 Å². The van der Waals surface area contributed by atoms with Gasteiger partial charge in [-0.05, 0) is 37.1 Å². The number of nitrogens with zero attached hydrogens (tertiary/aromatic N) is 1. The molecular weight excluding hydrogens is 284 g/mol. The summed E-state index contributed by atoms with van der Waals surface area (Å²) in [5.41, 5.74) is 1.95. The van der Waals surface area contributed by atoms with E-state index in [-0.39, 0.29) is 5.91 Å². The van der Waals surface area contributed by atoms with Crippen LogP contribution in [0.5, 0.6) is 5.75 Å². The van der Waals surface area contributed by atoms with Gasteiger partial charge in [0.1, 0.15) is 5.75 Å². The van der Waals surface area contributed by atoms with E-state index in [9.17, 15) is 4.79 Å². The molecule has 2 rings (SSSR count). The smallest absolute Gasteiger partial charge is 0.244 e. The zero-order chi connectivity index (χ0) is 15.1. The normalized spacial score (nSPS) is 10.8. The molecule has 1 aromatic carbocycles. The lowest BCUT2D eigenvalue weighted by atomic mass is 10.1. The van der Waals surface area contributed by atoms with Crippen molar-refractivity contribution in [2.45, 2.75) is 13.3 Å². The molecule has 0 saturated carbocycles. The first kappa shape index (κ1) is 15.3. The number of carbonyl (C=O) groups is 1. The van der Waals surface area contributed by atoms with E-state index in [4.69, 9.17) is 4.74 Å². The Morgan fingerprint density at radius 1 is 1.48 bits per heavy atom. The fraction of sp³-hybridized carbons (Fsp3) is 0.250. The largest absolute Gasteiger partial charge is 0.497 e. The first-order valence-corrected chi connectivity index (χ1v) is 7.56. The van der Waals surface area contributed by atoms with Crippen LogP contribution in [0.3, 0.4) is 0 Å². The molecule has 1 aromatic heterocycles. The summed E-state index contributed by atoms with van der Waals surface area (Å²) in [6, 6.07) is 7.84. The van der Waals surface area contributed by atoms with Gasteiger partial charge in [0, 0.05) is 18.0 Å². The topological polar surface area (TPSA) is 51.2 Å². The molecule has 0 fully saturated rings. The zero-order valence-corrected chi connectivity index (χ0v) is 12.9. The number of methoxy groups -OCH3 is 1. The Kier molecular flexibility index (Phi) is 5.51. The van der Waals surface area contributed by atoms with Crippen LogP contribution in [0.1, 0.15) is 16.3 Å². The van der Waals surface area contributed by atoms with Gasteiger partial charge in [-0.3, -0.25) is 4.79 Å². The number of thiazole rings is 1. The van der Waals surface area contributed by atoms with Crippen molar-refractivity contribution < 1.29 is 9.53 Å². The average Bonchev–Trinajstić information content (AvgIpc) is 2.91. The van der Waals surface area contributed by atoms with Crippen molar-refractivity contribution in [3.63, 3.8) is 0 Å². The molecule has 0 aliphatic heterocycles. The summed E-state index contributed by atoms with van der Waals surface area (Å²) in [5, 5.41) is 5.77. The van der Waals surface area contributed by atoms with E-state index >= 15 is 0 Å². The van der Waals surface area contributed by atoms with Crippen LogP contribution in [0.25, 0.3) is 6.08 Å². The van der Waals surface area contributed by atoms with Crippen molar-refractivity contribution >= 4 is 23.3 Å². The molecule has 1 heterocycles. The molecule has 110 valence electrons. The summed E-state index contributed by atoms with van der Waals surface area (Å²) < 4.78 is 5.17. The maximum atomic E-state index is 11.7. The summed E-state index contributed by atoms with van der Waals surface area (Å²) >= 11 is 1.57. The third kappa shape index (κ3) is 5.04. The Hall–Kier alpha value is -2.14. The molecule has 21 heavy (non-hydrogen) atoms. The zero-order valence-electron chi connectivity index (χ0n) is 12.1. The third-order valence-corrected chi connectivity index (χ3v) is 3.68. The van der Waals surface area contributed by atoms with Gasteiger partial charge >= 0.3 is 0 Å². The van der Waals surface area contributed by atoms with Gasteiger partial charge < -0.3 is 10.1 Å². The summed E-state index contributed by atoms with van der Waals surface area (Å²) in [6.45, 7) is 2.53. The van der Waals surface area contributed by atoms with Gasteiger partial charge in [-0.25, -0.2) is 4.98 Å². The minimum Gasteiger partial charge on any atom is -0.497 e. The minimum atomic E-state index is -0.108. The standard InChI is InChI=1S/C16H18N2O2S/c1-12-18-14(11-21-12)6-7-16(19)17-9-8-13-4-3-5-15(10-13)20-2/h3-7,10-11H,8-9H2,1-2H3,(H,17,19). The molecule has 0 aliphatic rings. The van der Waals surface area contributed by atoms with Crippen LogP contribution in [-0.4, -0.2) is 24.5 Å². The molecule has 2 aromatic rings. The van der Waals surface area contributed by atoms with Gasteiger partial charge in [0.25, 0.3) is 0 Å².